The lowest BCUT2D eigenvalue weighted by atomic mass is 10.1. The van der Waals surface area contributed by atoms with Gasteiger partial charge in [0.1, 0.15) is 0 Å². The highest BCUT2D eigenvalue weighted by molar-refractivity contribution is 9.10. The van der Waals surface area contributed by atoms with Crippen molar-refractivity contribution >= 4 is 39.3 Å². The van der Waals surface area contributed by atoms with Crippen molar-refractivity contribution < 1.29 is 4.79 Å². The highest BCUT2D eigenvalue weighted by Gasteiger charge is 2.16. The van der Waals surface area contributed by atoms with Gasteiger partial charge in [-0.25, -0.2) is 0 Å². The maximum Gasteiger partial charge on any atom is 0.251 e. The molecule has 2 rings (SSSR count). The van der Waals surface area contributed by atoms with Crippen LogP contribution < -0.4 is 11.1 Å². The van der Waals surface area contributed by atoms with Crippen molar-refractivity contribution in [1.29, 1.82) is 0 Å². The monoisotopic (exact) mass is 314 g/mol. The van der Waals surface area contributed by atoms with Gasteiger partial charge in [0.05, 0.1) is 0 Å². The maximum absolute atomic E-state index is 11.9. The number of carbonyl (C=O) groups is 1. The third-order valence-corrected chi connectivity index (χ3v) is 4.79. The molecule has 1 amide bonds. The number of anilines is 1. The zero-order chi connectivity index (χ0) is 12.3. The first-order valence-electron chi connectivity index (χ1n) is 5.58. The molecule has 1 heterocycles. The van der Waals surface area contributed by atoms with Crippen molar-refractivity contribution in [2.24, 2.45) is 5.92 Å². The summed E-state index contributed by atoms with van der Waals surface area (Å²) in [4.78, 5) is 11.9. The van der Waals surface area contributed by atoms with Gasteiger partial charge in [-0.3, -0.25) is 4.79 Å². The summed E-state index contributed by atoms with van der Waals surface area (Å²) in [5.41, 5.74) is 6.96. The number of hydrogen-bond donors (Lipinski definition) is 2. The summed E-state index contributed by atoms with van der Waals surface area (Å²) in [6, 6.07) is 5.28. The van der Waals surface area contributed by atoms with Gasteiger partial charge >= 0.3 is 0 Å². The molecule has 0 aromatic heterocycles. The second-order valence-electron chi connectivity index (χ2n) is 4.18. The minimum Gasteiger partial charge on any atom is -0.398 e. The summed E-state index contributed by atoms with van der Waals surface area (Å²) >= 11 is 5.27. The number of carbonyl (C=O) groups excluding carboxylic acids is 1. The van der Waals surface area contributed by atoms with E-state index in [1.54, 1.807) is 18.2 Å². The van der Waals surface area contributed by atoms with E-state index in [0.29, 0.717) is 17.2 Å². The Kier molecular flexibility index (Phi) is 4.34. The van der Waals surface area contributed by atoms with Crippen molar-refractivity contribution in [2.45, 2.75) is 6.42 Å². The third kappa shape index (κ3) is 3.39. The van der Waals surface area contributed by atoms with Crippen molar-refractivity contribution in [1.82, 2.24) is 5.32 Å². The van der Waals surface area contributed by atoms with Gasteiger partial charge in [-0.05, 0) is 58.0 Å². The molecule has 1 aromatic carbocycles. The fourth-order valence-electron chi connectivity index (χ4n) is 1.77. The van der Waals surface area contributed by atoms with Crippen LogP contribution in [0.2, 0.25) is 0 Å². The van der Waals surface area contributed by atoms with Gasteiger partial charge in [-0.15, -0.1) is 0 Å². The Morgan fingerprint density at radius 1 is 1.59 bits per heavy atom. The van der Waals surface area contributed by atoms with Crippen LogP contribution in [0.3, 0.4) is 0 Å². The fraction of sp³-hybridized carbons (Fsp3) is 0.417. The van der Waals surface area contributed by atoms with Crippen LogP contribution in [-0.2, 0) is 0 Å². The smallest absolute Gasteiger partial charge is 0.251 e. The Bertz CT molecular complexity index is 419. The molecule has 0 radical (unpaired) electrons. The second kappa shape index (κ2) is 5.78. The topological polar surface area (TPSA) is 55.1 Å². The fourth-order valence-corrected chi connectivity index (χ4v) is 3.30. The number of benzene rings is 1. The van der Waals surface area contributed by atoms with E-state index < -0.39 is 0 Å². The molecule has 1 atom stereocenters. The van der Waals surface area contributed by atoms with Crippen LogP contribution >= 0.6 is 27.7 Å². The van der Waals surface area contributed by atoms with Crippen LogP contribution in [0.15, 0.2) is 22.7 Å². The second-order valence-corrected chi connectivity index (χ2v) is 6.18. The van der Waals surface area contributed by atoms with Gasteiger partial charge in [-0.1, -0.05) is 0 Å². The standard InChI is InChI=1S/C12H15BrN2OS/c13-10-2-1-9(5-11(10)14)12(16)15-6-8-3-4-17-7-8/h1-2,5,8H,3-4,6-7,14H2,(H,15,16). The van der Waals surface area contributed by atoms with Gasteiger partial charge in [0.15, 0.2) is 0 Å². The predicted molar refractivity (Wildman–Crippen MR) is 76.3 cm³/mol. The van der Waals surface area contributed by atoms with Crippen LogP contribution in [0.5, 0.6) is 0 Å². The molecule has 3 N–H and O–H groups in total. The highest BCUT2D eigenvalue weighted by Crippen LogP contribution is 2.23. The SMILES string of the molecule is Nc1cc(C(=O)NCC2CCSC2)ccc1Br. The number of halogens is 1. The molecule has 1 aliphatic rings. The lowest BCUT2D eigenvalue weighted by Crippen LogP contribution is -2.29. The molecule has 1 aliphatic heterocycles. The van der Waals surface area contributed by atoms with E-state index in [4.69, 9.17) is 5.73 Å². The molecule has 1 aromatic rings. The molecule has 0 saturated carbocycles. The Morgan fingerprint density at radius 3 is 3.06 bits per heavy atom. The van der Waals surface area contributed by atoms with Crippen LogP contribution in [0, 0.1) is 5.92 Å². The van der Waals surface area contributed by atoms with E-state index in [1.807, 2.05) is 11.8 Å². The summed E-state index contributed by atoms with van der Waals surface area (Å²) in [6.45, 7) is 0.766. The summed E-state index contributed by atoms with van der Waals surface area (Å²) in [5, 5.41) is 2.96. The van der Waals surface area contributed by atoms with Crippen molar-refractivity contribution in [3.8, 4) is 0 Å². The molecule has 1 fully saturated rings. The van der Waals surface area contributed by atoms with Gasteiger partial charge in [-0.2, -0.15) is 11.8 Å². The first kappa shape index (κ1) is 12.8. The average Bonchev–Trinajstić information content (AvgIpc) is 2.82. The lowest BCUT2D eigenvalue weighted by Gasteiger charge is -2.10. The zero-order valence-electron chi connectivity index (χ0n) is 9.41. The molecular weight excluding hydrogens is 300 g/mol. The van der Waals surface area contributed by atoms with Crippen LogP contribution in [0.4, 0.5) is 5.69 Å². The van der Waals surface area contributed by atoms with Gasteiger partial charge < -0.3 is 11.1 Å². The molecule has 0 spiro atoms. The van der Waals surface area contributed by atoms with Gasteiger partial charge in [0.2, 0.25) is 0 Å². The summed E-state index contributed by atoms with van der Waals surface area (Å²) in [7, 11) is 0. The molecule has 1 saturated heterocycles. The molecule has 3 nitrogen and oxygen atoms in total. The number of thioether (sulfide) groups is 1. The normalized spacial score (nSPS) is 19.2. The first-order chi connectivity index (χ1) is 8.16. The minimum absolute atomic E-state index is 0.0406. The average molecular weight is 315 g/mol. The molecule has 17 heavy (non-hydrogen) atoms. The molecule has 92 valence electrons. The summed E-state index contributed by atoms with van der Waals surface area (Å²) in [6.07, 6.45) is 1.20. The zero-order valence-corrected chi connectivity index (χ0v) is 11.8. The summed E-state index contributed by atoms with van der Waals surface area (Å²) < 4.78 is 0.821. The first-order valence-corrected chi connectivity index (χ1v) is 7.52. The van der Waals surface area contributed by atoms with E-state index in [0.717, 1.165) is 16.8 Å². The molecular formula is C12H15BrN2OS. The number of nitrogens with two attached hydrogens (primary N) is 1. The van der Waals surface area contributed by atoms with Crippen molar-refractivity contribution in [3.63, 3.8) is 0 Å². The van der Waals surface area contributed by atoms with E-state index in [1.165, 1.54) is 12.2 Å². The van der Waals surface area contributed by atoms with E-state index in [-0.39, 0.29) is 5.91 Å². The van der Waals surface area contributed by atoms with Crippen molar-refractivity contribution in [3.05, 3.63) is 28.2 Å². The number of hydrogen-bond acceptors (Lipinski definition) is 3. The van der Waals surface area contributed by atoms with Gasteiger partial charge in [0, 0.05) is 22.3 Å². The number of rotatable bonds is 3. The number of amides is 1. The van der Waals surface area contributed by atoms with Crippen LogP contribution in [0.1, 0.15) is 16.8 Å². The number of nitrogens with one attached hydrogen (secondary N) is 1. The number of nitrogen functional groups attached to an aromatic ring is 1. The van der Waals surface area contributed by atoms with E-state index in [9.17, 15) is 4.79 Å². The Morgan fingerprint density at radius 2 is 2.41 bits per heavy atom. The van der Waals surface area contributed by atoms with Crippen LogP contribution in [-0.4, -0.2) is 24.0 Å². The summed E-state index contributed by atoms with van der Waals surface area (Å²) in [5.74, 6) is 2.95. The molecule has 5 heteroatoms. The Balaban J connectivity index is 1.92. The quantitative estimate of drug-likeness (QED) is 0.843. The maximum atomic E-state index is 11.9. The predicted octanol–water partition coefficient (Wildman–Crippen LogP) is 2.51. The molecule has 1 unspecified atom stereocenters. The van der Waals surface area contributed by atoms with Gasteiger partial charge in [0.25, 0.3) is 5.91 Å². The van der Waals surface area contributed by atoms with Crippen LogP contribution in [0.25, 0.3) is 0 Å². The minimum atomic E-state index is -0.0406. The van der Waals surface area contributed by atoms with Crippen molar-refractivity contribution in [2.75, 3.05) is 23.8 Å². The Hall–Kier alpha value is -0.680. The molecule has 0 aliphatic carbocycles. The third-order valence-electron chi connectivity index (χ3n) is 2.83. The Labute approximate surface area is 114 Å². The van der Waals surface area contributed by atoms with E-state index in [2.05, 4.69) is 21.2 Å². The lowest BCUT2D eigenvalue weighted by molar-refractivity contribution is 0.0948. The molecule has 0 bridgehead atoms. The largest absolute Gasteiger partial charge is 0.398 e. The van der Waals surface area contributed by atoms with E-state index >= 15 is 0 Å². The highest BCUT2D eigenvalue weighted by atomic mass is 79.9.